The average molecular weight is 288 g/mol. The number of carbonyl (C=O) groups excluding carboxylic acids is 1. The molecule has 0 atom stereocenters. The van der Waals surface area contributed by atoms with E-state index in [-0.39, 0.29) is 12.3 Å². The van der Waals surface area contributed by atoms with Crippen LogP contribution in [-0.4, -0.2) is 15.6 Å². The number of hydrogen-bond donors (Lipinski definition) is 0. The number of alkyl halides is 3. The number of Topliss-reactive ketones (excluding diaryl/α,β-unsaturated/α-hetero) is 1. The third-order valence-corrected chi connectivity index (χ3v) is 3.79. The lowest BCUT2D eigenvalue weighted by Gasteiger charge is -2.01. The SMILES string of the molecule is CCc1ccc(C(=O)Cn2ccc(C(F)(F)F)n2)s1. The van der Waals surface area contributed by atoms with Gasteiger partial charge >= 0.3 is 6.18 Å². The standard InChI is InChI=1S/C12H11F3N2OS/c1-2-8-3-4-10(19-8)9(18)7-17-6-5-11(16-17)12(13,14)15/h3-6H,2,7H2,1H3. The molecule has 7 heteroatoms. The first kappa shape index (κ1) is 13.8. The van der Waals surface area contributed by atoms with Crippen LogP contribution in [0.3, 0.4) is 0 Å². The summed E-state index contributed by atoms with van der Waals surface area (Å²) in [6.45, 7) is 1.79. The van der Waals surface area contributed by atoms with Crippen LogP contribution >= 0.6 is 11.3 Å². The Morgan fingerprint density at radius 3 is 2.63 bits per heavy atom. The minimum Gasteiger partial charge on any atom is -0.291 e. The number of halogens is 3. The van der Waals surface area contributed by atoms with Gasteiger partial charge in [0.1, 0.15) is 6.54 Å². The lowest BCUT2D eigenvalue weighted by molar-refractivity contribution is -0.141. The second-order valence-electron chi connectivity index (χ2n) is 3.94. The Balaban J connectivity index is 2.09. The number of aryl methyl sites for hydroxylation is 1. The Morgan fingerprint density at radius 2 is 2.11 bits per heavy atom. The van der Waals surface area contributed by atoms with Crippen molar-refractivity contribution in [2.24, 2.45) is 0 Å². The molecule has 0 saturated carbocycles. The van der Waals surface area contributed by atoms with Gasteiger partial charge in [-0.15, -0.1) is 11.3 Å². The zero-order chi connectivity index (χ0) is 14.0. The molecule has 2 rings (SSSR count). The molecule has 0 aliphatic carbocycles. The third-order valence-electron chi connectivity index (χ3n) is 2.52. The molecule has 19 heavy (non-hydrogen) atoms. The Kier molecular flexibility index (Phi) is 3.75. The fourth-order valence-electron chi connectivity index (χ4n) is 1.54. The highest BCUT2D eigenvalue weighted by Crippen LogP contribution is 2.27. The maximum absolute atomic E-state index is 12.4. The molecule has 0 aliphatic heterocycles. The molecule has 0 unspecified atom stereocenters. The summed E-state index contributed by atoms with van der Waals surface area (Å²) in [7, 11) is 0. The van der Waals surface area contributed by atoms with Gasteiger partial charge in [-0.3, -0.25) is 9.48 Å². The zero-order valence-corrected chi connectivity index (χ0v) is 10.9. The highest BCUT2D eigenvalue weighted by atomic mass is 32.1. The van der Waals surface area contributed by atoms with E-state index in [9.17, 15) is 18.0 Å². The van der Waals surface area contributed by atoms with Gasteiger partial charge in [-0.25, -0.2) is 0 Å². The summed E-state index contributed by atoms with van der Waals surface area (Å²) >= 11 is 1.36. The van der Waals surface area contributed by atoms with E-state index in [0.717, 1.165) is 28.2 Å². The van der Waals surface area contributed by atoms with Gasteiger partial charge in [0.05, 0.1) is 4.88 Å². The lowest BCUT2D eigenvalue weighted by atomic mass is 10.3. The molecule has 0 spiro atoms. The summed E-state index contributed by atoms with van der Waals surface area (Å²) in [6, 6.07) is 4.40. The van der Waals surface area contributed by atoms with Crippen LogP contribution < -0.4 is 0 Å². The summed E-state index contributed by atoms with van der Waals surface area (Å²) < 4.78 is 38.1. The van der Waals surface area contributed by atoms with Gasteiger partial charge in [-0.2, -0.15) is 18.3 Å². The first-order valence-electron chi connectivity index (χ1n) is 5.62. The highest BCUT2D eigenvalue weighted by molar-refractivity contribution is 7.14. The van der Waals surface area contributed by atoms with Crippen molar-refractivity contribution in [1.29, 1.82) is 0 Å². The van der Waals surface area contributed by atoms with Crippen LogP contribution in [0.1, 0.15) is 27.2 Å². The molecule has 0 aliphatic rings. The van der Waals surface area contributed by atoms with E-state index in [1.165, 1.54) is 11.3 Å². The first-order chi connectivity index (χ1) is 8.90. The number of carbonyl (C=O) groups is 1. The molecule has 2 heterocycles. The fourth-order valence-corrected chi connectivity index (χ4v) is 2.42. The summed E-state index contributed by atoms with van der Waals surface area (Å²) in [5, 5.41) is 3.35. The van der Waals surface area contributed by atoms with Crippen molar-refractivity contribution in [2.75, 3.05) is 0 Å². The number of nitrogens with zero attached hydrogens (tertiary/aromatic N) is 2. The number of rotatable bonds is 4. The van der Waals surface area contributed by atoms with E-state index in [2.05, 4.69) is 5.10 Å². The van der Waals surface area contributed by atoms with E-state index in [1.54, 1.807) is 6.07 Å². The van der Waals surface area contributed by atoms with Crippen molar-refractivity contribution in [3.8, 4) is 0 Å². The Labute approximate surface area is 111 Å². The number of ketones is 1. The summed E-state index contributed by atoms with van der Waals surface area (Å²) in [5.41, 5.74) is -0.985. The summed E-state index contributed by atoms with van der Waals surface area (Å²) in [5.74, 6) is -0.235. The number of hydrogen-bond acceptors (Lipinski definition) is 3. The highest BCUT2D eigenvalue weighted by Gasteiger charge is 2.33. The van der Waals surface area contributed by atoms with Crippen molar-refractivity contribution < 1.29 is 18.0 Å². The van der Waals surface area contributed by atoms with Crippen LogP contribution in [0.5, 0.6) is 0 Å². The van der Waals surface area contributed by atoms with Crippen LogP contribution in [0, 0.1) is 0 Å². The second kappa shape index (κ2) is 5.16. The van der Waals surface area contributed by atoms with Crippen molar-refractivity contribution >= 4 is 17.1 Å². The molecule has 2 aromatic rings. The monoisotopic (exact) mass is 288 g/mol. The van der Waals surface area contributed by atoms with Crippen molar-refractivity contribution in [2.45, 2.75) is 26.1 Å². The molecule has 102 valence electrons. The predicted molar refractivity (Wildman–Crippen MR) is 65.3 cm³/mol. The van der Waals surface area contributed by atoms with Gasteiger partial charge in [-0.05, 0) is 24.6 Å². The number of aromatic nitrogens is 2. The molecule has 0 bridgehead atoms. The zero-order valence-electron chi connectivity index (χ0n) is 10.1. The molecule has 0 fully saturated rings. The molecule has 0 amide bonds. The van der Waals surface area contributed by atoms with Crippen molar-refractivity contribution in [1.82, 2.24) is 9.78 Å². The minimum absolute atomic E-state index is 0.181. The molecular weight excluding hydrogens is 277 g/mol. The van der Waals surface area contributed by atoms with Crippen LogP contribution in [0.4, 0.5) is 13.2 Å². The molecule has 3 nitrogen and oxygen atoms in total. The predicted octanol–water partition coefficient (Wildman–Crippen LogP) is 3.41. The Bertz CT molecular complexity index is 586. The quantitative estimate of drug-likeness (QED) is 0.808. The van der Waals surface area contributed by atoms with Crippen LogP contribution in [0.15, 0.2) is 24.4 Å². The number of thiophene rings is 1. The smallest absolute Gasteiger partial charge is 0.291 e. The van der Waals surface area contributed by atoms with E-state index >= 15 is 0 Å². The van der Waals surface area contributed by atoms with Gasteiger partial charge in [0.2, 0.25) is 0 Å². The molecule has 0 radical (unpaired) electrons. The maximum atomic E-state index is 12.4. The molecule has 0 aromatic carbocycles. The van der Waals surface area contributed by atoms with E-state index in [0.29, 0.717) is 4.88 Å². The van der Waals surface area contributed by atoms with Crippen molar-refractivity contribution in [3.63, 3.8) is 0 Å². The Hall–Kier alpha value is -1.63. The van der Waals surface area contributed by atoms with Crippen LogP contribution in [-0.2, 0) is 19.1 Å². The van der Waals surface area contributed by atoms with Gasteiger partial charge in [0.15, 0.2) is 11.5 Å². The molecule has 2 aromatic heterocycles. The molecule has 0 N–H and O–H groups in total. The first-order valence-corrected chi connectivity index (χ1v) is 6.44. The summed E-state index contributed by atoms with van der Waals surface area (Å²) in [4.78, 5) is 13.5. The molecular formula is C12H11F3N2OS. The fraction of sp³-hybridized carbons (Fsp3) is 0.333. The topological polar surface area (TPSA) is 34.9 Å². The van der Waals surface area contributed by atoms with E-state index in [4.69, 9.17) is 0 Å². The third kappa shape index (κ3) is 3.23. The van der Waals surface area contributed by atoms with Gasteiger partial charge in [0, 0.05) is 11.1 Å². The van der Waals surface area contributed by atoms with Crippen molar-refractivity contribution in [3.05, 3.63) is 39.8 Å². The second-order valence-corrected chi connectivity index (χ2v) is 5.11. The normalized spacial score (nSPS) is 11.8. The largest absolute Gasteiger partial charge is 0.435 e. The summed E-state index contributed by atoms with van der Waals surface area (Å²) in [6.07, 6.45) is -2.49. The average Bonchev–Trinajstić information content (AvgIpc) is 2.95. The maximum Gasteiger partial charge on any atom is 0.435 e. The molecule has 0 saturated heterocycles. The van der Waals surface area contributed by atoms with E-state index < -0.39 is 11.9 Å². The minimum atomic E-state index is -4.48. The van der Waals surface area contributed by atoms with Gasteiger partial charge in [0.25, 0.3) is 0 Å². The van der Waals surface area contributed by atoms with Gasteiger partial charge in [-0.1, -0.05) is 6.92 Å². The van der Waals surface area contributed by atoms with Crippen LogP contribution in [0.25, 0.3) is 0 Å². The van der Waals surface area contributed by atoms with Gasteiger partial charge < -0.3 is 0 Å². The van der Waals surface area contributed by atoms with E-state index in [1.807, 2.05) is 13.0 Å². The Morgan fingerprint density at radius 1 is 1.37 bits per heavy atom. The van der Waals surface area contributed by atoms with Crippen LogP contribution in [0.2, 0.25) is 0 Å². The lowest BCUT2D eigenvalue weighted by Crippen LogP contribution is -2.12.